The fourth-order valence-electron chi connectivity index (χ4n) is 2.03. The van der Waals surface area contributed by atoms with Crippen LogP contribution in [0.2, 0.25) is 0 Å². The highest BCUT2D eigenvalue weighted by atomic mass is 16.5. The Morgan fingerprint density at radius 1 is 1.00 bits per heavy atom. The number of ketones is 1. The van der Waals surface area contributed by atoms with Gasteiger partial charge in [0.05, 0.1) is 5.56 Å². The van der Waals surface area contributed by atoms with E-state index >= 15 is 0 Å². The number of para-hydroxylation sites is 1. The molecular formula is C14H11NO2. The lowest BCUT2D eigenvalue weighted by Gasteiger charge is -2.08. The van der Waals surface area contributed by atoms with Gasteiger partial charge in [0, 0.05) is 17.7 Å². The maximum atomic E-state index is 12.1. The molecule has 2 N–H and O–H groups in total. The maximum absolute atomic E-state index is 12.1. The number of benzene rings is 2. The number of carbonyl (C=O) groups is 1. The number of Topliss-reactive ketones (excluding diaryl/α,β-unsaturated/α-hetero) is 1. The standard InChI is InChI=1S/C14H11NO2/c15-11-5-3-7-14-10(11)8-12(16)9-4-1-2-6-13(9)17-14/h1-7H,8,15H2. The minimum atomic E-state index is 0.0391. The Bertz CT molecular complexity index is 605. The van der Waals surface area contributed by atoms with Crippen LogP contribution in [0.5, 0.6) is 11.5 Å². The molecule has 1 aliphatic rings. The number of rotatable bonds is 0. The highest BCUT2D eigenvalue weighted by molar-refractivity contribution is 6.01. The minimum absolute atomic E-state index is 0.0391. The molecule has 0 bridgehead atoms. The van der Waals surface area contributed by atoms with Crippen molar-refractivity contribution in [2.75, 3.05) is 5.73 Å². The Morgan fingerprint density at radius 3 is 2.65 bits per heavy atom. The molecule has 3 rings (SSSR count). The molecule has 0 aromatic heterocycles. The largest absolute Gasteiger partial charge is 0.456 e. The lowest BCUT2D eigenvalue weighted by Crippen LogP contribution is -2.03. The summed E-state index contributed by atoms with van der Waals surface area (Å²) in [5, 5.41) is 0. The monoisotopic (exact) mass is 225 g/mol. The van der Waals surface area contributed by atoms with E-state index in [-0.39, 0.29) is 5.78 Å². The third-order valence-corrected chi connectivity index (χ3v) is 2.91. The lowest BCUT2D eigenvalue weighted by atomic mass is 10.0. The molecule has 0 amide bonds. The Kier molecular flexibility index (Phi) is 2.11. The molecule has 0 saturated heterocycles. The fraction of sp³-hybridized carbons (Fsp3) is 0.0714. The van der Waals surface area contributed by atoms with Gasteiger partial charge in [0.2, 0.25) is 0 Å². The van der Waals surface area contributed by atoms with Crippen LogP contribution in [0.15, 0.2) is 42.5 Å². The van der Waals surface area contributed by atoms with Crippen molar-refractivity contribution in [3.05, 3.63) is 53.6 Å². The van der Waals surface area contributed by atoms with Crippen molar-refractivity contribution in [3.63, 3.8) is 0 Å². The second kappa shape index (κ2) is 3.63. The van der Waals surface area contributed by atoms with Crippen molar-refractivity contribution in [1.82, 2.24) is 0 Å². The van der Waals surface area contributed by atoms with Gasteiger partial charge in [0.25, 0.3) is 0 Å². The first-order valence-electron chi connectivity index (χ1n) is 5.43. The van der Waals surface area contributed by atoms with E-state index < -0.39 is 0 Å². The summed E-state index contributed by atoms with van der Waals surface area (Å²) in [6, 6.07) is 12.7. The summed E-state index contributed by atoms with van der Waals surface area (Å²) < 4.78 is 5.75. The maximum Gasteiger partial charge on any atom is 0.171 e. The van der Waals surface area contributed by atoms with Gasteiger partial charge in [-0.05, 0) is 24.3 Å². The SMILES string of the molecule is Nc1cccc2c1CC(=O)c1ccccc1O2. The lowest BCUT2D eigenvalue weighted by molar-refractivity contribution is 0.0993. The van der Waals surface area contributed by atoms with E-state index in [1.54, 1.807) is 18.2 Å². The van der Waals surface area contributed by atoms with Crippen LogP contribution < -0.4 is 10.5 Å². The summed E-state index contributed by atoms with van der Waals surface area (Å²) in [5.41, 5.74) is 7.86. The van der Waals surface area contributed by atoms with Gasteiger partial charge in [-0.2, -0.15) is 0 Å². The summed E-state index contributed by atoms with van der Waals surface area (Å²) in [6.07, 6.45) is 0.291. The average Bonchev–Trinajstić information content (AvgIpc) is 2.47. The third-order valence-electron chi connectivity index (χ3n) is 2.91. The molecular weight excluding hydrogens is 214 g/mol. The molecule has 1 heterocycles. The Morgan fingerprint density at radius 2 is 1.76 bits per heavy atom. The molecule has 84 valence electrons. The van der Waals surface area contributed by atoms with Gasteiger partial charge in [0.1, 0.15) is 11.5 Å². The fourth-order valence-corrected chi connectivity index (χ4v) is 2.03. The molecule has 1 aliphatic heterocycles. The molecule has 0 radical (unpaired) electrons. The van der Waals surface area contributed by atoms with Crippen LogP contribution >= 0.6 is 0 Å². The van der Waals surface area contributed by atoms with E-state index in [2.05, 4.69) is 0 Å². The number of anilines is 1. The zero-order valence-electron chi connectivity index (χ0n) is 9.14. The predicted molar refractivity (Wildman–Crippen MR) is 65.4 cm³/mol. The van der Waals surface area contributed by atoms with Crippen LogP contribution in [0.1, 0.15) is 15.9 Å². The number of nitrogens with two attached hydrogens (primary N) is 1. The van der Waals surface area contributed by atoms with Crippen LogP contribution in [0.4, 0.5) is 5.69 Å². The molecule has 2 aromatic rings. The van der Waals surface area contributed by atoms with Crippen molar-refractivity contribution in [2.45, 2.75) is 6.42 Å². The Hall–Kier alpha value is -2.29. The number of nitrogen functional groups attached to an aromatic ring is 1. The van der Waals surface area contributed by atoms with Crippen LogP contribution in [0, 0.1) is 0 Å². The number of hydrogen-bond acceptors (Lipinski definition) is 3. The van der Waals surface area contributed by atoms with E-state index in [4.69, 9.17) is 10.5 Å². The van der Waals surface area contributed by atoms with Gasteiger partial charge >= 0.3 is 0 Å². The van der Waals surface area contributed by atoms with Crippen molar-refractivity contribution >= 4 is 11.5 Å². The summed E-state index contributed by atoms with van der Waals surface area (Å²) >= 11 is 0. The Labute approximate surface area is 98.8 Å². The second-order valence-electron chi connectivity index (χ2n) is 4.02. The van der Waals surface area contributed by atoms with Crippen LogP contribution in [0.25, 0.3) is 0 Å². The normalized spacial score (nSPS) is 13.3. The molecule has 0 aliphatic carbocycles. The van der Waals surface area contributed by atoms with Gasteiger partial charge in [-0.25, -0.2) is 0 Å². The molecule has 0 atom stereocenters. The van der Waals surface area contributed by atoms with Crippen molar-refractivity contribution < 1.29 is 9.53 Å². The third kappa shape index (κ3) is 1.56. The topological polar surface area (TPSA) is 52.3 Å². The predicted octanol–water partition coefficient (Wildman–Crippen LogP) is 2.80. The van der Waals surface area contributed by atoms with Gasteiger partial charge in [-0.1, -0.05) is 18.2 Å². The van der Waals surface area contributed by atoms with Crippen LogP contribution in [-0.4, -0.2) is 5.78 Å². The number of hydrogen-bond donors (Lipinski definition) is 1. The smallest absolute Gasteiger partial charge is 0.171 e. The van der Waals surface area contributed by atoms with E-state index in [1.165, 1.54) is 0 Å². The summed E-state index contributed by atoms with van der Waals surface area (Å²) in [4.78, 5) is 12.1. The van der Waals surface area contributed by atoms with E-state index in [0.717, 1.165) is 5.56 Å². The molecule has 3 heteroatoms. The van der Waals surface area contributed by atoms with Crippen molar-refractivity contribution in [2.24, 2.45) is 0 Å². The highest BCUT2D eigenvalue weighted by Gasteiger charge is 2.21. The van der Waals surface area contributed by atoms with E-state index in [0.29, 0.717) is 29.2 Å². The summed E-state index contributed by atoms with van der Waals surface area (Å²) in [5.74, 6) is 1.31. The molecule has 0 unspecified atom stereocenters. The number of ether oxygens (including phenoxy) is 1. The number of fused-ring (bicyclic) bond motifs is 2. The van der Waals surface area contributed by atoms with Crippen LogP contribution in [0.3, 0.4) is 0 Å². The first-order valence-corrected chi connectivity index (χ1v) is 5.43. The first kappa shape index (κ1) is 9.90. The van der Waals surface area contributed by atoms with Gasteiger partial charge in [0.15, 0.2) is 5.78 Å². The molecule has 0 spiro atoms. The molecule has 3 nitrogen and oxygen atoms in total. The summed E-state index contributed by atoms with van der Waals surface area (Å²) in [7, 11) is 0. The Balaban J connectivity index is 2.20. The minimum Gasteiger partial charge on any atom is -0.456 e. The van der Waals surface area contributed by atoms with Crippen molar-refractivity contribution in [1.29, 1.82) is 0 Å². The average molecular weight is 225 g/mol. The van der Waals surface area contributed by atoms with Crippen molar-refractivity contribution in [3.8, 4) is 11.5 Å². The summed E-state index contributed by atoms with van der Waals surface area (Å²) in [6.45, 7) is 0. The second-order valence-corrected chi connectivity index (χ2v) is 4.02. The molecule has 2 aromatic carbocycles. The van der Waals surface area contributed by atoms with E-state index in [1.807, 2.05) is 24.3 Å². The molecule has 17 heavy (non-hydrogen) atoms. The molecule has 0 saturated carbocycles. The van der Waals surface area contributed by atoms with Gasteiger partial charge < -0.3 is 10.5 Å². The quantitative estimate of drug-likeness (QED) is 0.701. The van der Waals surface area contributed by atoms with E-state index in [9.17, 15) is 4.79 Å². The van der Waals surface area contributed by atoms with Crippen LogP contribution in [-0.2, 0) is 6.42 Å². The highest BCUT2D eigenvalue weighted by Crippen LogP contribution is 2.35. The van der Waals surface area contributed by atoms with Gasteiger partial charge in [-0.15, -0.1) is 0 Å². The zero-order chi connectivity index (χ0) is 11.8. The first-order chi connectivity index (χ1) is 8.25. The zero-order valence-corrected chi connectivity index (χ0v) is 9.14. The molecule has 0 fully saturated rings. The van der Waals surface area contributed by atoms with Gasteiger partial charge in [-0.3, -0.25) is 4.79 Å². The number of carbonyl (C=O) groups excluding carboxylic acids is 1.